The van der Waals surface area contributed by atoms with Gasteiger partial charge in [0.2, 0.25) is 0 Å². The van der Waals surface area contributed by atoms with Crippen molar-refractivity contribution in [3.63, 3.8) is 0 Å². The van der Waals surface area contributed by atoms with E-state index in [0.29, 0.717) is 0 Å². The minimum Gasteiger partial charge on any atom is -0.493 e. The summed E-state index contributed by atoms with van der Waals surface area (Å²) in [6.07, 6.45) is -0.406. The number of aliphatic carboxylic acids is 1. The van der Waals surface area contributed by atoms with Crippen molar-refractivity contribution in [1.82, 2.24) is 0 Å². The number of nitro benzene ring substituents is 1. The normalized spacial score (nSPS) is 10.2. The van der Waals surface area contributed by atoms with Crippen LogP contribution in [-0.2, 0) is 11.2 Å². The highest BCUT2D eigenvalue weighted by molar-refractivity contribution is 6.11. The molecule has 0 fully saturated rings. The monoisotopic (exact) mass is 345 g/mol. The molecule has 0 unspecified atom stereocenters. The number of carbonyl (C=O) groups is 2. The van der Waals surface area contributed by atoms with Gasteiger partial charge in [0.25, 0.3) is 5.69 Å². The molecule has 2 aromatic rings. The standard InChI is InChI=1S/C17H15NO7/c1-24-14-7-11(8-16(19)20)13(9-15(14)25-2)17(21)10-4-3-5-12(6-10)18(22)23/h3-7,9H,8H2,1-2H3,(H,19,20). The molecule has 0 radical (unpaired) electrons. The van der Waals surface area contributed by atoms with Gasteiger partial charge in [-0.3, -0.25) is 19.7 Å². The van der Waals surface area contributed by atoms with Crippen LogP contribution in [0.25, 0.3) is 0 Å². The van der Waals surface area contributed by atoms with Crippen molar-refractivity contribution in [1.29, 1.82) is 0 Å². The molecule has 1 N–H and O–H groups in total. The minimum absolute atomic E-state index is 0.0769. The predicted octanol–water partition coefficient (Wildman–Crippen LogP) is 2.47. The Kier molecular flexibility index (Phi) is 5.33. The van der Waals surface area contributed by atoms with E-state index >= 15 is 0 Å². The highest BCUT2D eigenvalue weighted by atomic mass is 16.6. The van der Waals surface area contributed by atoms with Crippen LogP contribution in [0.4, 0.5) is 5.69 Å². The predicted molar refractivity (Wildman–Crippen MR) is 87.4 cm³/mol. The van der Waals surface area contributed by atoms with Gasteiger partial charge in [-0.1, -0.05) is 12.1 Å². The summed E-state index contributed by atoms with van der Waals surface area (Å²) in [5, 5.41) is 20.0. The number of carboxylic acid groups (broad SMARTS) is 1. The molecular weight excluding hydrogens is 330 g/mol. The van der Waals surface area contributed by atoms with Crippen molar-refractivity contribution in [3.05, 3.63) is 63.2 Å². The molecule has 2 aromatic carbocycles. The lowest BCUT2D eigenvalue weighted by molar-refractivity contribution is -0.384. The van der Waals surface area contributed by atoms with Crippen molar-refractivity contribution < 1.29 is 29.1 Å². The Morgan fingerprint density at radius 1 is 1.12 bits per heavy atom. The number of ketones is 1. The molecule has 8 nitrogen and oxygen atoms in total. The Morgan fingerprint density at radius 2 is 1.76 bits per heavy atom. The molecule has 2 rings (SSSR count). The highest BCUT2D eigenvalue weighted by Gasteiger charge is 2.21. The largest absolute Gasteiger partial charge is 0.493 e. The molecule has 0 heterocycles. The molecule has 0 aliphatic rings. The third kappa shape index (κ3) is 3.92. The van der Waals surface area contributed by atoms with Crippen LogP contribution < -0.4 is 9.47 Å². The smallest absolute Gasteiger partial charge is 0.307 e. The first-order chi connectivity index (χ1) is 11.9. The van der Waals surface area contributed by atoms with E-state index in [4.69, 9.17) is 14.6 Å². The molecule has 8 heteroatoms. The number of hydrogen-bond acceptors (Lipinski definition) is 6. The Bertz CT molecular complexity index is 845. The van der Waals surface area contributed by atoms with Crippen molar-refractivity contribution in [3.8, 4) is 11.5 Å². The van der Waals surface area contributed by atoms with E-state index < -0.39 is 23.1 Å². The van der Waals surface area contributed by atoms with Crippen LogP contribution in [0.2, 0.25) is 0 Å². The van der Waals surface area contributed by atoms with E-state index in [0.717, 1.165) is 6.07 Å². The summed E-state index contributed by atoms with van der Waals surface area (Å²) in [6, 6.07) is 8.02. The summed E-state index contributed by atoms with van der Waals surface area (Å²) in [4.78, 5) is 34.2. The molecule has 0 aliphatic carbocycles. The first kappa shape index (κ1) is 17.9. The zero-order valence-corrected chi connectivity index (χ0v) is 13.5. The summed E-state index contributed by atoms with van der Waals surface area (Å²) in [7, 11) is 2.78. The fraction of sp³-hybridized carbons (Fsp3) is 0.176. The van der Waals surface area contributed by atoms with Crippen LogP contribution in [0.3, 0.4) is 0 Å². The van der Waals surface area contributed by atoms with Gasteiger partial charge in [0.1, 0.15) is 0 Å². The number of rotatable bonds is 7. The number of nitro groups is 1. The number of methoxy groups -OCH3 is 2. The minimum atomic E-state index is -1.12. The maximum absolute atomic E-state index is 12.8. The van der Waals surface area contributed by atoms with Gasteiger partial charge in [0.15, 0.2) is 17.3 Å². The number of nitrogens with zero attached hydrogens (tertiary/aromatic N) is 1. The average molecular weight is 345 g/mol. The SMILES string of the molecule is COc1cc(CC(=O)O)c(C(=O)c2cccc([N+](=O)[O-])c2)cc1OC. The summed E-state index contributed by atoms with van der Waals surface area (Å²) < 4.78 is 10.3. The second-order valence-corrected chi connectivity index (χ2v) is 5.07. The van der Waals surface area contributed by atoms with Gasteiger partial charge in [0.05, 0.1) is 25.6 Å². The first-order valence-corrected chi connectivity index (χ1v) is 7.13. The van der Waals surface area contributed by atoms with E-state index in [1.165, 1.54) is 44.6 Å². The highest BCUT2D eigenvalue weighted by Crippen LogP contribution is 2.32. The number of non-ortho nitro benzene ring substituents is 1. The van der Waals surface area contributed by atoms with Crippen molar-refractivity contribution in [2.45, 2.75) is 6.42 Å². The molecule has 0 aliphatic heterocycles. The van der Waals surface area contributed by atoms with E-state index in [9.17, 15) is 19.7 Å². The first-order valence-electron chi connectivity index (χ1n) is 7.13. The third-order valence-electron chi connectivity index (χ3n) is 3.51. The summed E-state index contributed by atoms with van der Waals surface area (Å²) in [5.74, 6) is -1.12. The lowest BCUT2D eigenvalue weighted by atomic mass is 9.95. The van der Waals surface area contributed by atoms with Crippen molar-refractivity contribution >= 4 is 17.4 Å². The Labute approximate surface area is 142 Å². The number of ether oxygens (including phenoxy) is 2. The van der Waals surface area contributed by atoms with Gasteiger partial charge in [-0.15, -0.1) is 0 Å². The number of carboxylic acids is 1. The molecule has 0 atom stereocenters. The van der Waals surface area contributed by atoms with Gasteiger partial charge in [-0.2, -0.15) is 0 Å². The molecule has 25 heavy (non-hydrogen) atoms. The van der Waals surface area contributed by atoms with Crippen molar-refractivity contribution in [2.24, 2.45) is 0 Å². The molecular formula is C17H15NO7. The van der Waals surface area contributed by atoms with Crippen LogP contribution in [0.15, 0.2) is 36.4 Å². The van der Waals surface area contributed by atoms with Crippen LogP contribution in [-0.4, -0.2) is 36.0 Å². The second-order valence-electron chi connectivity index (χ2n) is 5.07. The molecule has 0 saturated carbocycles. The molecule has 0 bridgehead atoms. The topological polar surface area (TPSA) is 116 Å². The van der Waals surface area contributed by atoms with Crippen LogP contribution in [0.5, 0.6) is 11.5 Å². The quantitative estimate of drug-likeness (QED) is 0.465. The Hall–Kier alpha value is -3.42. The second kappa shape index (κ2) is 7.43. The van der Waals surface area contributed by atoms with Gasteiger partial charge < -0.3 is 14.6 Å². The van der Waals surface area contributed by atoms with Gasteiger partial charge >= 0.3 is 5.97 Å². The van der Waals surface area contributed by atoms with E-state index in [1.54, 1.807) is 0 Å². The molecule has 0 aromatic heterocycles. The van der Waals surface area contributed by atoms with E-state index in [2.05, 4.69) is 0 Å². The van der Waals surface area contributed by atoms with Crippen LogP contribution >= 0.6 is 0 Å². The lowest BCUT2D eigenvalue weighted by Gasteiger charge is -2.13. The van der Waals surface area contributed by atoms with E-state index in [1.807, 2.05) is 0 Å². The van der Waals surface area contributed by atoms with E-state index in [-0.39, 0.29) is 33.9 Å². The molecule has 0 amide bonds. The zero-order valence-electron chi connectivity index (χ0n) is 13.5. The van der Waals surface area contributed by atoms with Crippen molar-refractivity contribution in [2.75, 3.05) is 14.2 Å². The Balaban J connectivity index is 2.58. The van der Waals surface area contributed by atoms with Crippen LogP contribution in [0, 0.1) is 10.1 Å². The molecule has 0 spiro atoms. The number of carbonyl (C=O) groups excluding carboxylic acids is 1. The van der Waals surface area contributed by atoms with Gasteiger partial charge in [-0.05, 0) is 17.7 Å². The fourth-order valence-electron chi connectivity index (χ4n) is 2.36. The third-order valence-corrected chi connectivity index (χ3v) is 3.51. The Morgan fingerprint density at radius 3 is 2.32 bits per heavy atom. The van der Waals surface area contributed by atoms with Crippen LogP contribution in [0.1, 0.15) is 21.5 Å². The fourth-order valence-corrected chi connectivity index (χ4v) is 2.36. The zero-order chi connectivity index (χ0) is 18.6. The van der Waals surface area contributed by atoms with Gasteiger partial charge in [-0.25, -0.2) is 0 Å². The summed E-state index contributed by atoms with van der Waals surface area (Å²) in [6.45, 7) is 0. The van der Waals surface area contributed by atoms with Gasteiger partial charge in [0, 0.05) is 23.3 Å². The number of benzene rings is 2. The molecule has 130 valence electrons. The summed E-state index contributed by atoms with van der Waals surface area (Å²) >= 11 is 0. The molecule has 0 saturated heterocycles. The average Bonchev–Trinajstić information content (AvgIpc) is 2.60. The number of hydrogen-bond donors (Lipinski definition) is 1. The lowest BCUT2D eigenvalue weighted by Crippen LogP contribution is -2.11. The maximum Gasteiger partial charge on any atom is 0.307 e. The maximum atomic E-state index is 12.8. The summed E-state index contributed by atoms with van der Waals surface area (Å²) in [5.41, 5.74) is 0.154.